The molecule has 1 saturated heterocycles. The second-order valence-corrected chi connectivity index (χ2v) is 5.20. The van der Waals surface area contributed by atoms with Crippen molar-refractivity contribution >= 4 is 6.09 Å². The fourth-order valence-electron chi connectivity index (χ4n) is 2.17. The normalized spacial score (nSPS) is 18.7. The molecule has 1 heterocycles. The van der Waals surface area contributed by atoms with Crippen LogP contribution in [-0.2, 0) is 4.74 Å². The first-order valence-electron chi connectivity index (χ1n) is 7.31. The molecule has 1 atom stereocenters. The summed E-state index contributed by atoms with van der Waals surface area (Å²) in [5.41, 5.74) is 0. The van der Waals surface area contributed by atoms with Crippen molar-refractivity contribution in [3.63, 3.8) is 0 Å². The number of nitrogens with zero attached hydrogens (tertiary/aromatic N) is 2. The van der Waals surface area contributed by atoms with Crippen molar-refractivity contribution in [3.8, 4) is 0 Å². The standard InChI is InChI=1S/C14H28N2O2/c1-4-6-7-8-13(5-2)18-14(17)16-11-9-15(3)10-12-16/h13H,4-12H2,1-3H3. The minimum Gasteiger partial charge on any atom is -0.446 e. The lowest BCUT2D eigenvalue weighted by atomic mass is 10.1. The Morgan fingerprint density at radius 3 is 2.39 bits per heavy atom. The summed E-state index contributed by atoms with van der Waals surface area (Å²) in [4.78, 5) is 16.1. The molecule has 0 aromatic heterocycles. The van der Waals surface area contributed by atoms with Crippen molar-refractivity contribution in [2.75, 3.05) is 33.2 Å². The lowest BCUT2D eigenvalue weighted by molar-refractivity contribution is 0.0439. The Bertz CT molecular complexity index is 238. The molecule has 1 aliphatic heterocycles. The van der Waals surface area contributed by atoms with Crippen molar-refractivity contribution in [3.05, 3.63) is 0 Å². The van der Waals surface area contributed by atoms with Gasteiger partial charge in [0, 0.05) is 26.2 Å². The second kappa shape index (κ2) is 8.35. The van der Waals surface area contributed by atoms with Crippen molar-refractivity contribution in [1.29, 1.82) is 0 Å². The van der Waals surface area contributed by atoms with Gasteiger partial charge in [-0.15, -0.1) is 0 Å². The number of hydrogen-bond acceptors (Lipinski definition) is 3. The Balaban J connectivity index is 2.28. The zero-order chi connectivity index (χ0) is 13.4. The maximum Gasteiger partial charge on any atom is 0.410 e. The van der Waals surface area contributed by atoms with Gasteiger partial charge in [0.15, 0.2) is 0 Å². The number of rotatable bonds is 6. The molecule has 0 N–H and O–H groups in total. The largest absolute Gasteiger partial charge is 0.446 e. The van der Waals surface area contributed by atoms with Gasteiger partial charge in [0.2, 0.25) is 0 Å². The van der Waals surface area contributed by atoms with Crippen LogP contribution in [0, 0.1) is 0 Å². The molecule has 18 heavy (non-hydrogen) atoms. The molecule has 0 saturated carbocycles. The third kappa shape index (κ3) is 5.25. The summed E-state index contributed by atoms with van der Waals surface area (Å²) in [6.45, 7) is 7.76. The lowest BCUT2D eigenvalue weighted by Crippen LogP contribution is -2.48. The average molecular weight is 256 g/mol. The molecule has 1 rings (SSSR count). The fraction of sp³-hybridized carbons (Fsp3) is 0.929. The molecule has 1 aliphatic rings. The Morgan fingerprint density at radius 2 is 1.83 bits per heavy atom. The number of carbonyl (C=O) groups excluding carboxylic acids is 1. The van der Waals surface area contributed by atoms with Crippen molar-refractivity contribution in [1.82, 2.24) is 9.80 Å². The quantitative estimate of drug-likeness (QED) is 0.685. The average Bonchev–Trinajstić information content (AvgIpc) is 2.38. The topological polar surface area (TPSA) is 32.8 Å². The van der Waals surface area contributed by atoms with Gasteiger partial charge in [-0.25, -0.2) is 4.79 Å². The zero-order valence-corrected chi connectivity index (χ0v) is 12.2. The first-order chi connectivity index (χ1) is 8.67. The highest BCUT2D eigenvalue weighted by Gasteiger charge is 2.22. The second-order valence-electron chi connectivity index (χ2n) is 5.20. The molecular formula is C14H28N2O2. The van der Waals surface area contributed by atoms with Gasteiger partial charge in [-0.2, -0.15) is 0 Å². The molecule has 0 aliphatic carbocycles. The van der Waals surface area contributed by atoms with Crippen LogP contribution in [0.2, 0.25) is 0 Å². The minimum atomic E-state index is -0.119. The van der Waals surface area contributed by atoms with E-state index in [1.165, 1.54) is 12.8 Å². The number of likely N-dealkylation sites (N-methyl/N-ethyl adjacent to an activating group) is 1. The van der Waals surface area contributed by atoms with Gasteiger partial charge < -0.3 is 14.5 Å². The van der Waals surface area contributed by atoms with Crippen LogP contribution in [0.15, 0.2) is 0 Å². The molecule has 4 nitrogen and oxygen atoms in total. The summed E-state index contributed by atoms with van der Waals surface area (Å²) >= 11 is 0. The molecule has 0 bridgehead atoms. The van der Waals surface area contributed by atoms with Crippen LogP contribution in [0.5, 0.6) is 0 Å². The maximum atomic E-state index is 12.0. The summed E-state index contributed by atoms with van der Waals surface area (Å²) in [5, 5.41) is 0. The zero-order valence-electron chi connectivity index (χ0n) is 12.2. The highest BCUT2D eigenvalue weighted by molar-refractivity contribution is 5.68. The van der Waals surface area contributed by atoms with Gasteiger partial charge in [-0.3, -0.25) is 0 Å². The predicted molar refractivity (Wildman–Crippen MR) is 73.8 cm³/mol. The number of hydrogen-bond donors (Lipinski definition) is 0. The third-order valence-corrected chi connectivity index (χ3v) is 3.61. The van der Waals surface area contributed by atoms with Crippen LogP contribution in [0.3, 0.4) is 0 Å². The molecule has 106 valence electrons. The number of amides is 1. The lowest BCUT2D eigenvalue weighted by Gasteiger charge is -2.32. The van der Waals surface area contributed by atoms with E-state index in [2.05, 4.69) is 25.8 Å². The smallest absolute Gasteiger partial charge is 0.410 e. The fourth-order valence-corrected chi connectivity index (χ4v) is 2.17. The van der Waals surface area contributed by atoms with E-state index in [1.807, 2.05) is 4.90 Å². The third-order valence-electron chi connectivity index (χ3n) is 3.61. The summed E-state index contributed by atoms with van der Waals surface area (Å²) in [6.07, 6.45) is 5.50. The molecule has 1 fully saturated rings. The molecule has 0 spiro atoms. The van der Waals surface area contributed by atoms with Crippen molar-refractivity contribution < 1.29 is 9.53 Å². The van der Waals surface area contributed by atoms with Gasteiger partial charge in [0.25, 0.3) is 0 Å². The molecule has 1 unspecified atom stereocenters. The van der Waals surface area contributed by atoms with E-state index >= 15 is 0 Å². The predicted octanol–water partition coefficient (Wildman–Crippen LogP) is 2.73. The van der Waals surface area contributed by atoms with Crippen molar-refractivity contribution in [2.24, 2.45) is 0 Å². The van der Waals surface area contributed by atoms with E-state index in [0.717, 1.165) is 45.4 Å². The maximum absolute atomic E-state index is 12.0. The summed E-state index contributed by atoms with van der Waals surface area (Å²) in [7, 11) is 2.09. The summed E-state index contributed by atoms with van der Waals surface area (Å²) < 4.78 is 5.59. The Kier molecular flexibility index (Phi) is 7.09. The van der Waals surface area contributed by atoms with Crippen LogP contribution < -0.4 is 0 Å². The highest BCUT2D eigenvalue weighted by Crippen LogP contribution is 2.12. The van der Waals surface area contributed by atoms with E-state index in [-0.39, 0.29) is 12.2 Å². The van der Waals surface area contributed by atoms with Gasteiger partial charge in [0.05, 0.1) is 0 Å². The molecule has 0 aromatic carbocycles. The molecule has 1 amide bonds. The van der Waals surface area contributed by atoms with Crippen LogP contribution in [0.25, 0.3) is 0 Å². The van der Waals surface area contributed by atoms with Crippen LogP contribution in [0.1, 0.15) is 46.0 Å². The van der Waals surface area contributed by atoms with Gasteiger partial charge >= 0.3 is 6.09 Å². The highest BCUT2D eigenvalue weighted by atomic mass is 16.6. The summed E-state index contributed by atoms with van der Waals surface area (Å²) in [5.74, 6) is 0. The monoisotopic (exact) mass is 256 g/mol. The Hall–Kier alpha value is -0.770. The van der Waals surface area contributed by atoms with E-state index in [9.17, 15) is 4.79 Å². The van der Waals surface area contributed by atoms with Crippen LogP contribution in [0.4, 0.5) is 4.79 Å². The molecular weight excluding hydrogens is 228 g/mol. The first-order valence-corrected chi connectivity index (χ1v) is 7.31. The number of carbonyl (C=O) groups is 1. The number of ether oxygens (including phenoxy) is 1. The van der Waals surface area contributed by atoms with E-state index in [4.69, 9.17) is 4.74 Å². The molecule has 0 aromatic rings. The molecule has 4 heteroatoms. The summed E-state index contributed by atoms with van der Waals surface area (Å²) in [6, 6.07) is 0. The Labute approximate surface area is 111 Å². The Morgan fingerprint density at radius 1 is 1.17 bits per heavy atom. The van der Waals surface area contributed by atoms with Crippen LogP contribution in [-0.4, -0.2) is 55.2 Å². The van der Waals surface area contributed by atoms with E-state index in [1.54, 1.807) is 0 Å². The van der Waals surface area contributed by atoms with Crippen molar-refractivity contribution in [2.45, 2.75) is 52.1 Å². The first kappa shape index (κ1) is 15.3. The van der Waals surface area contributed by atoms with E-state index in [0.29, 0.717) is 0 Å². The van der Waals surface area contributed by atoms with Crippen LogP contribution >= 0.6 is 0 Å². The molecule has 0 radical (unpaired) electrons. The van der Waals surface area contributed by atoms with Gasteiger partial charge in [-0.1, -0.05) is 26.7 Å². The van der Waals surface area contributed by atoms with Gasteiger partial charge in [0.1, 0.15) is 6.10 Å². The van der Waals surface area contributed by atoms with Gasteiger partial charge in [-0.05, 0) is 26.3 Å². The number of unbranched alkanes of at least 4 members (excludes halogenated alkanes) is 2. The SMILES string of the molecule is CCCCCC(CC)OC(=O)N1CCN(C)CC1. The number of piperazine rings is 1. The minimum absolute atomic E-state index is 0.101. The van der Waals surface area contributed by atoms with E-state index < -0.39 is 0 Å².